The van der Waals surface area contributed by atoms with Crippen LogP contribution in [-0.2, 0) is 76.5 Å². The van der Waals surface area contributed by atoms with Gasteiger partial charge in [-0.3, -0.25) is 67.2 Å². The van der Waals surface area contributed by atoms with Crippen molar-refractivity contribution in [1.82, 2.24) is 60.5 Å². The molecule has 0 heterocycles. The number of amides is 12. The van der Waals surface area contributed by atoms with Crippen molar-refractivity contribution in [2.24, 2.45) is 41.4 Å². The number of esters is 2. The first-order valence-electron chi connectivity index (χ1n) is 36.3. The summed E-state index contributed by atoms with van der Waals surface area (Å²) in [5.74, 6) is -11.7. The summed E-state index contributed by atoms with van der Waals surface area (Å²) in [4.78, 5) is 208. The molecule has 0 aromatic heterocycles. The summed E-state index contributed by atoms with van der Waals surface area (Å²) in [6.07, 6.45) is 2.27. The van der Waals surface area contributed by atoms with Crippen molar-refractivity contribution in [3.05, 3.63) is 12.2 Å². The molecule has 0 rings (SSSR count). The molecule has 0 saturated carbocycles. The third-order valence-electron chi connectivity index (χ3n) is 18.2. The second kappa shape index (κ2) is 43.4. The normalized spacial score (nSPS) is 15.5. The maximum atomic E-state index is 15.3. The first-order valence-corrected chi connectivity index (χ1v) is 36.3. The molecule has 13 atom stereocenters. The predicted octanol–water partition coefficient (Wildman–Crippen LogP) is 5.25. The van der Waals surface area contributed by atoms with Crippen LogP contribution in [0.1, 0.15) is 191 Å². The van der Waals surface area contributed by atoms with Gasteiger partial charge in [0, 0.05) is 62.8 Å². The number of hydrogen-bond donors (Lipinski definition) is 4. The molecule has 0 bridgehead atoms. The average Bonchev–Trinajstić information content (AvgIpc) is 0.800. The number of hydrogen-bond acceptors (Lipinski definition) is 17. The molecule has 0 saturated heterocycles. The molecular weight excluding hydrogens is 1330 g/mol. The minimum absolute atomic E-state index is 0.0616. The van der Waals surface area contributed by atoms with E-state index in [1.54, 1.807) is 96.1 Å². The van der Waals surface area contributed by atoms with Gasteiger partial charge < -0.3 is 69.8 Å². The molecular formula is C74H132N12O17. The van der Waals surface area contributed by atoms with Crippen LogP contribution >= 0.6 is 0 Å². The van der Waals surface area contributed by atoms with Gasteiger partial charge in [0.25, 0.3) is 0 Å². The van der Waals surface area contributed by atoms with E-state index >= 15 is 14.4 Å². The highest BCUT2D eigenvalue weighted by Crippen LogP contribution is 2.27. The molecule has 0 aliphatic carbocycles. The Bertz CT molecular complexity index is 2910. The van der Waals surface area contributed by atoms with Crippen molar-refractivity contribution in [3.63, 3.8) is 0 Å². The number of allylic oxidation sites excluding steroid dienone is 2. The molecule has 0 radical (unpaired) electrons. The summed E-state index contributed by atoms with van der Waals surface area (Å²) in [6.45, 7) is 38.6. The lowest BCUT2D eigenvalue weighted by atomic mass is 9.91. The molecule has 0 aromatic rings. The molecule has 29 nitrogen and oxygen atoms in total. The SMILES string of the molecule is C/C=C/C[C@@H](C)[C@H](OC(C)=O)[C@H](C(=O)N[C@H](CC)C(=O)N(C)CC(=O)OC)N(C)C(=O)[C@@H](C(C)C)N(C)C(=O)[C@H](CC(C)C)N(C)C(=O)[C@H](CC(C)C)N(C)C(=O)[C@H](C)NC(=O)[C@H](C)NC(=O)[C@@H](CC(C)C)N(C)C(=O)[C@@H](NC(=O)[C@@H](C(C)C)N(CC)C(=O)[C@H](C)N(C)C(=O)OC(C)(C)C)C(C)C. The molecule has 0 aromatic carbocycles. The molecule has 590 valence electrons. The first kappa shape index (κ1) is 95.1. The van der Waals surface area contributed by atoms with E-state index in [0.717, 1.165) is 21.6 Å². The van der Waals surface area contributed by atoms with Gasteiger partial charge in [0.15, 0.2) is 0 Å². The van der Waals surface area contributed by atoms with Gasteiger partial charge in [-0.1, -0.05) is 109 Å². The zero-order chi connectivity index (χ0) is 80.5. The van der Waals surface area contributed by atoms with Crippen LogP contribution in [0.2, 0.25) is 0 Å². The van der Waals surface area contributed by atoms with Gasteiger partial charge in [0.05, 0.1) is 7.11 Å². The van der Waals surface area contributed by atoms with Gasteiger partial charge in [-0.2, -0.15) is 0 Å². The Morgan fingerprint density at radius 3 is 1.34 bits per heavy atom. The smallest absolute Gasteiger partial charge is 0.410 e. The molecule has 0 aliphatic heterocycles. The van der Waals surface area contributed by atoms with Crippen LogP contribution in [0.25, 0.3) is 0 Å². The van der Waals surface area contributed by atoms with E-state index in [4.69, 9.17) is 14.2 Å². The van der Waals surface area contributed by atoms with Gasteiger partial charge in [0.1, 0.15) is 84.7 Å². The van der Waals surface area contributed by atoms with Gasteiger partial charge in [0.2, 0.25) is 65.0 Å². The number of likely N-dealkylation sites (N-methyl/N-ethyl adjacent to an activating group) is 8. The van der Waals surface area contributed by atoms with Crippen molar-refractivity contribution < 1.29 is 81.3 Å². The lowest BCUT2D eigenvalue weighted by Gasteiger charge is -2.42. The summed E-state index contributed by atoms with van der Waals surface area (Å²) in [7, 11) is 11.0. The number of rotatable bonds is 40. The Hall–Kier alpha value is -7.88. The van der Waals surface area contributed by atoms with E-state index in [-0.39, 0.29) is 50.0 Å². The fourth-order valence-corrected chi connectivity index (χ4v) is 12.1. The van der Waals surface area contributed by atoms with E-state index in [1.165, 1.54) is 102 Å². The third kappa shape index (κ3) is 28.6. The van der Waals surface area contributed by atoms with Gasteiger partial charge in [-0.15, -0.1) is 0 Å². The monoisotopic (exact) mass is 1460 g/mol. The van der Waals surface area contributed by atoms with Crippen molar-refractivity contribution in [1.29, 1.82) is 0 Å². The molecule has 0 fully saturated rings. The lowest BCUT2D eigenvalue weighted by molar-refractivity contribution is -0.164. The summed E-state index contributed by atoms with van der Waals surface area (Å²) < 4.78 is 16.1. The van der Waals surface area contributed by atoms with Crippen molar-refractivity contribution in [3.8, 4) is 0 Å². The van der Waals surface area contributed by atoms with E-state index in [2.05, 4.69) is 21.3 Å². The summed E-state index contributed by atoms with van der Waals surface area (Å²) in [5, 5.41) is 11.0. The topological polar surface area (TPSA) is 341 Å². The van der Waals surface area contributed by atoms with Crippen LogP contribution in [-0.4, -0.2) is 270 Å². The fraction of sp³-hybridized carbons (Fsp3) is 0.784. The Morgan fingerprint density at radius 2 is 0.913 bits per heavy atom. The highest BCUT2D eigenvalue weighted by Gasteiger charge is 2.47. The Morgan fingerprint density at radius 1 is 0.466 bits per heavy atom. The molecule has 103 heavy (non-hydrogen) atoms. The van der Waals surface area contributed by atoms with E-state index in [9.17, 15) is 52.7 Å². The zero-order valence-corrected chi connectivity index (χ0v) is 68.1. The maximum absolute atomic E-state index is 15.3. The highest BCUT2D eigenvalue weighted by atomic mass is 16.6. The number of carbonyl (C=O) groups is 14. The van der Waals surface area contributed by atoms with Crippen LogP contribution in [0.5, 0.6) is 0 Å². The quantitative estimate of drug-likeness (QED) is 0.0345. The van der Waals surface area contributed by atoms with Crippen LogP contribution in [0.4, 0.5) is 4.79 Å². The molecule has 0 unspecified atom stereocenters. The van der Waals surface area contributed by atoms with Crippen molar-refractivity contribution >= 4 is 83.0 Å². The second-order valence-electron chi connectivity index (χ2n) is 30.7. The number of carbonyl (C=O) groups excluding carboxylic acids is 14. The fourth-order valence-electron chi connectivity index (χ4n) is 12.1. The summed E-state index contributed by atoms with van der Waals surface area (Å²) >= 11 is 0. The minimum Gasteiger partial charge on any atom is -0.468 e. The molecule has 0 aliphatic rings. The standard InChI is InChI=1S/C74H132N12O17/c1-32-35-36-47(16)61(102-51(20)87)60(65(92)77-52(33-2)68(95)79(24)40-56(88)101-31)85(30)72(99)59(46(14)15)84(29)70(97)55(39-43(8)9)83(28)69(96)54(38-42(6)7)82(27)66(93)49(18)76-62(89)48(17)75-63(90)53(37-41(4)5)81(26)71(98)57(44(10)11)78-64(91)58(45(12)13)86(34-3)67(94)50(19)80(25)73(100)103-74(21,22)23/h32,35,41-50,52-55,57-61H,33-34,36-40H2,1-31H3,(H,75,90)(H,76,89)(H,77,92)(H,78,91)/b35-32+/t47-,48+,49+,50+,52-,53-,54+,55+,57+,58-,59-,60-,61+/m1/s1. The summed E-state index contributed by atoms with van der Waals surface area (Å²) in [6, 6.07) is -13.5. The van der Waals surface area contributed by atoms with E-state index in [1.807, 2.05) is 47.6 Å². The molecule has 29 heteroatoms. The van der Waals surface area contributed by atoms with Gasteiger partial charge in [-0.05, 0) is 129 Å². The molecule has 12 amide bonds. The van der Waals surface area contributed by atoms with Crippen LogP contribution < -0.4 is 21.3 Å². The Kier molecular flexibility index (Phi) is 40.1. The van der Waals surface area contributed by atoms with Crippen LogP contribution in [0, 0.1) is 41.4 Å². The van der Waals surface area contributed by atoms with Crippen LogP contribution in [0.3, 0.4) is 0 Å². The van der Waals surface area contributed by atoms with Crippen molar-refractivity contribution in [2.75, 3.05) is 69.5 Å². The maximum Gasteiger partial charge on any atom is 0.410 e. The second-order valence-corrected chi connectivity index (χ2v) is 30.7. The number of ether oxygens (including phenoxy) is 3. The van der Waals surface area contributed by atoms with Gasteiger partial charge in [-0.25, -0.2) is 4.79 Å². The van der Waals surface area contributed by atoms with E-state index < -0.39 is 191 Å². The minimum atomic E-state index is -1.58. The average molecular weight is 1460 g/mol. The predicted molar refractivity (Wildman–Crippen MR) is 393 cm³/mol. The summed E-state index contributed by atoms with van der Waals surface area (Å²) in [5.41, 5.74) is -0.830. The Labute approximate surface area is 615 Å². The largest absolute Gasteiger partial charge is 0.468 e. The number of methoxy groups -OCH3 is 1. The zero-order valence-electron chi connectivity index (χ0n) is 68.1. The van der Waals surface area contributed by atoms with Gasteiger partial charge >= 0.3 is 18.0 Å². The first-order chi connectivity index (χ1) is 47.3. The van der Waals surface area contributed by atoms with E-state index in [0.29, 0.717) is 6.42 Å². The Balaban J connectivity index is 7.20. The highest BCUT2D eigenvalue weighted by molar-refractivity contribution is 5.99. The van der Waals surface area contributed by atoms with Crippen molar-refractivity contribution in [2.45, 2.75) is 270 Å². The third-order valence-corrected chi connectivity index (χ3v) is 18.2. The molecule has 0 spiro atoms. The number of nitrogens with one attached hydrogen (secondary N) is 4. The molecule has 4 N–H and O–H groups in total. The lowest BCUT2D eigenvalue weighted by Crippen LogP contribution is -2.64. The number of nitrogens with zero attached hydrogens (tertiary/aromatic N) is 8. The van der Waals surface area contributed by atoms with Crippen LogP contribution in [0.15, 0.2) is 12.2 Å².